The second-order valence-corrected chi connectivity index (χ2v) is 3.16. The van der Waals surface area contributed by atoms with Crippen molar-refractivity contribution in [3.05, 3.63) is 24.3 Å². The third-order valence-electron chi connectivity index (χ3n) is 1.70. The van der Waals surface area contributed by atoms with Crippen LogP contribution in [-0.4, -0.2) is 24.8 Å². The molecule has 0 aliphatic heterocycles. The van der Waals surface area contributed by atoms with Gasteiger partial charge in [0.05, 0.1) is 6.10 Å². The standard InChI is InChI=1S/C10H14O3/c1-8(2)13-10(12-3)6-4-9(11)5-7-10/h4-8H,1-3H3. The van der Waals surface area contributed by atoms with E-state index in [4.69, 9.17) is 9.47 Å². The third-order valence-corrected chi connectivity index (χ3v) is 1.70. The van der Waals surface area contributed by atoms with Gasteiger partial charge in [0.2, 0.25) is 5.79 Å². The van der Waals surface area contributed by atoms with Gasteiger partial charge in [-0.25, -0.2) is 0 Å². The molecule has 0 bridgehead atoms. The highest BCUT2D eigenvalue weighted by Crippen LogP contribution is 2.21. The van der Waals surface area contributed by atoms with Crippen LogP contribution < -0.4 is 0 Å². The second kappa shape index (κ2) is 3.85. The molecule has 1 aliphatic carbocycles. The molecule has 0 fully saturated rings. The van der Waals surface area contributed by atoms with Crippen molar-refractivity contribution < 1.29 is 14.3 Å². The van der Waals surface area contributed by atoms with E-state index in [9.17, 15) is 4.79 Å². The molecule has 0 atom stereocenters. The summed E-state index contributed by atoms with van der Waals surface area (Å²) in [6, 6.07) is 0. The minimum atomic E-state index is -0.859. The molecule has 1 rings (SSSR count). The van der Waals surface area contributed by atoms with E-state index in [1.54, 1.807) is 19.3 Å². The van der Waals surface area contributed by atoms with Gasteiger partial charge in [-0.15, -0.1) is 0 Å². The van der Waals surface area contributed by atoms with Crippen LogP contribution in [0.2, 0.25) is 0 Å². The van der Waals surface area contributed by atoms with E-state index in [2.05, 4.69) is 0 Å². The molecule has 0 unspecified atom stereocenters. The van der Waals surface area contributed by atoms with E-state index in [-0.39, 0.29) is 11.9 Å². The van der Waals surface area contributed by atoms with Gasteiger partial charge in [0.25, 0.3) is 0 Å². The average molecular weight is 182 g/mol. The van der Waals surface area contributed by atoms with E-state index in [1.165, 1.54) is 12.2 Å². The highest BCUT2D eigenvalue weighted by atomic mass is 16.7. The van der Waals surface area contributed by atoms with Gasteiger partial charge >= 0.3 is 0 Å². The molecule has 0 aromatic heterocycles. The first-order valence-electron chi connectivity index (χ1n) is 4.23. The monoisotopic (exact) mass is 182 g/mol. The predicted octanol–water partition coefficient (Wildman–Crippen LogP) is 1.45. The minimum Gasteiger partial charge on any atom is -0.346 e. The summed E-state index contributed by atoms with van der Waals surface area (Å²) in [6.07, 6.45) is 6.19. The summed E-state index contributed by atoms with van der Waals surface area (Å²) < 4.78 is 10.7. The zero-order chi connectivity index (χ0) is 9.90. The molecular weight excluding hydrogens is 168 g/mol. The van der Waals surface area contributed by atoms with Crippen LogP contribution in [0.25, 0.3) is 0 Å². The summed E-state index contributed by atoms with van der Waals surface area (Å²) in [5.41, 5.74) is 0. The lowest BCUT2D eigenvalue weighted by molar-refractivity contribution is -0.175. The van der Waals surface area contributed by atoms with Gasteiger partial charge in [0, 0.05) is 7.11 Å². The first kappa shape index (κ1) is 10.2. The van der Waals surface area contributed by atoms with Crippen LogP contribution in [-0.2, 0) is 14.3 Å². The van der Waals surface area contributed by atoms with Crippen molar-refractivity contribution in [2.45, 2.75) is 25.7 Å². The van der Waals surface area contributed by atoms with E-state index in [0.717, 1.165) is 0 Å². The number of carbonyl (C=O) groups excluding carboxylic acids is 1. The third kappa shape index (κ3) is 2.50. The van der Waals surface area contributed by atoms with Gasteiger partial charge in [-0.1, -0.05) is 0 Å². The minimum absolute atomic E-state index is 0.0416. The molecule has 0 aromatic rings. The molecule has 0 aromatic carbocycles. The lowest BCUT2D eigenvalue weighted by Gasteiger charge is -2.29. The Bertz CT molecular complexity index is 235. The van der Waals surface area contributed by atoms with Crippen LogP contribution in [0.3, 0.4) is 0 Å². The Morgan fingerprint density at radius 3 is 2.23 bits per heavy atom. The van der Waals surface area contributed by atoms with Crippen LogP contribution in [0.1, 0.15) is 13.8 Å². The second-order valence-electron chi connectivity index (χ2n) is 3.16. The Kier molecular flexibility index (Phi) is 3.01. The van der Waals surface area contributed by atoms with Gasteiger partial charge < -0.3 is 9.47 Å². The van der Waals surface area contributed by atoms with Crippen molar-refractivity contribution in [3.63, 3.8) is 0 Å². The number of ether oxygens (including phenoxy) is 2. The summed E-state index contributed by atoms with van der Waals surface area (Å²) in [7, 11) is 1.55. The van der Waals surface area contributed by atoms with Crippen molar-refractivity contribution >= 4 is 5.78 Å². The van der Waals surface area contributed by atoms with Gasteiger partial charge in [0.15, 0.2) is 5.78 Å². The summed E-state index contributed by atoms with van der Waals surface area (Å²) in [6.45, 7) is 3.83. The zero-order valence-corrected chi connectivity index (χ0v) is 8.11. The molecule has 1 aliphatic rings. The summed E-state index contributed by atoms with van der Waals surface area (Å²) in [4.78, 5) is 10.9. The maximum absolute atomic E-state index is 10.9. The number of rotatable bonds is 3. The maximum atomic E-state index is 10.9. The molecular formula is C10H14O3. The number of hydrogen-bond donors (Lipinski definition) is 0. The van der Waals surface area contributed by atoms with Crippen molar-refractivity contribution in [2.75, 3.05) is 7.11 Å². The molecule has 0 saturated carbocycles. The Labute approximate surface area is 78.0 Å². The summed E-state index contributed by atoms with van der Waals surface area (Å²) >= 11 is 0. The fourth-order valence-corrected chi connectivity index (χ4v) is 1.14. The van der Waals surface area contributed by atoms with Crippen LogP contribution in [0.5, 0.6) is 0 Å². The number of methoxy groups -OCH3 is 1. The quantitative estimate of drug-likeness (QED) is 0.620. The highest BCUT2D eigenvalue weighted by molar-refractivity contribution is 6.00. The Morgan fingerprint density at radius 2 is 1.85 bits per heavy atom. The van der Waals surface area contributed by atoms with Crippen molar-refractivity contribution in [1.82, 2.24) is 0 Å². The van der Waals surface area contributed by atoms with Crippen molar-refractivity contribution in [3.8, 4) is 0 Å². The van der Waals surface area contributed by atoms with Gasteiger partial charge in [-0.05, 0) is 38.2 Å². The molecule has 0 N–H and O–H groups in total. The number of allylic oxidation sites excluding steroid dienone is 2. The molecule has 0 amide bonds. The zero-order valence-electron chi connectivity index (χ0n) is 8.11. The Balaban J connectivity index is 2.77. The molecule has 0 heterocycles. The number of hydrogen-bond acceptors (Lipinski definition) is 3. The normalized spacial score (nSPS) is 19.8. The Morgan fingerprint density at radius 1 is 1.31 bits per heavy atom. The molecule has 13 heavy (non-hydrogen) atoms. The summed E-state index contributed by atoms with van der Waals surface area (Å²) in [5, 5.41) is 0. The Hall–Kier alpha value is -0.930. The van der Waals surface area contributed by atoms with Crippen LogP contribution in [0, 0.1) is 0 Å². The van der Waals surface area contributed by atoms with E-state index < -0.39 is 5.79 Å². The lowest BCUT2D eigenvalue weighted by atomic mass is 10.1. The fourth-order valence-electron chi connectivity index (χ4n) is 1.14. The highest BCUT2D eigenvalue weighted by Gasteiger charge is 2.28. The molecule has 0 saturated heterocycles. The van der Waals surface area contributed by atoms with Gasteiger partial charge in [-0.2, -0.15) is 0 Å². The van der Waals surface area contributed by atoms with Crippen molar-refractivity contribution in [1.29, 1.82) is 0 Å². The fraction of sp³-hybridized carbons (Fsp3) is 0.500. The largest absolute Gasteiger partial charge is 0.346 e. The SMILES string of the molecule is COC1(OC(C)C)C=CC(=O)C=C1. The van der Waals surface area contributed by atoms with E-state index >= 15 is 0 Å². The smallest absolute Gasteiger partial charge is 0.208 e. The topological polar surface area (TPSA) is 35.5 Å². The van der Waals surface area contributed by atoms with E-state index in [1.807, 2.05) is 13.8 Å². The molecule has 3 heteroatoms. The van der Waals surface area contributed by atoms with Crippen molar-refractivity contribution in [2.24, 2.45) is 0 Å². The molecule has 3 nitrogen and oxygen atoms in total. The number of ketones is 1. The van der Waals surface area contributed by atoms with Gasteiger partial charge in [0.1, 0.15) is 0 Å². The summed E-state index contributed by atoms with van der Waals surface area (Å²) in [5.74, 6) is -0.901. The molecule has 0 radical (unpaired) electrons. The maximum Gasteiger partial charge on any atom is 0.208 e. The first-order chi connectivity index (χ1) is 6.08. The van der Waals surface area contributed by atoms with Crippen LogP contribution in [0.4, 0.5) is 0 Å². The number of carbonyl (C=O) groups is 1. The van der Waals surface area contributed by atoms with E-state index in [0.29, 0.717) is 0 Å². The van der Waals surface area contributed by atoms with Crippen LogP contribution >= 0.6 is 0 Å². The van der Waals surface area contributed by atoms with Crippen LogP contribution in [0.15, 0.2) is 24.3 Å². The molecule has 0 spiro atoms. The molecule has 72 valence electrons. The predicted molar refractivity (Wildman–Crippen MR) is 49.2 cm³/mol. The average Bonchev–Trinajstić information content (AvgIpc) is 2.09. The first-order valence-corrected chi connectivity index (χ1v) is 4.23. The van der Waals surface area contributed by atoms with Gasteiger partial charge in [-0.3, -0.25) is 4.79 Å². The lowest BCUT2D eigenvalue weighted by Crippen LogP contribution is -2.34.